The van der Waals surface area contributed by atoms with E-state index in [1.54, 1.807) is 5.32 Å². The van der Waals surface area contributed by atoms with Crippen LogP contribution in [0.25, 0.3) is 0 Å². The van der Waals surface area contributed by atoms with Gasteiger partial charge in [-0.25, -0.2) is 0 Å². The molecule has 0 bridgehead atoms. The van der Waals surface area contributed by atoms with Crippen LogP contribution in [0.3, 0.4) is 0 Å². The van der Waals surface area contributed by atoms with Crippen LogP contribution in [0, 0.1) is 0 Å². The van der Waals surface area contributed by atoms with Crippen LogP contribution >= 0.6 is 0 Å². The van der Waals surface area contributed by atoms with E-state index in [0.29, 0.717) is 0 Å². The molecular weight excluding hydrogens is 299 g/mol. The summed E-state index contributed by atoms with van der Waals surface area (Å²) in [6.45, 7) is 0. The summed E-state index contributed by atoms with van der Waals surface area (Å²) >= 11 is 0. The molecule has 0 aromatic heterocycles. The molecule has 0 aliphatic carbocycles. The number of carbonyl (C=O) groups is 1. The molecule has 2 N–H and O–H groups in total. The minimum absolute atomic E-state index is 0.212. The molecule has 0 fully saturated rings. The first-order valence-electron chi connectivity index (χ1n) is 5.25. The maximum atomic E-state index is 12.9. The van der Waals surface area contributed by atoms with Crippen LogP contribution in [0.4, 0.5) is 13.2 Å². The number of alkyl halides is 3. The van der Waals surface area contributed by atoms with E-state index in [1.807, 2.05) is 0 Å². The summed E-state index contributed by atoms with van der Waals surface area (Å²) in [5.74, 6) is -1.72. The van der Waals surface area contributed by atoms with Gasteiger partial charge in [-0.1, -0.05) is 30.3 Å². The fraction of sp³-hybridized carbons (Fsp3) is 0.273. The fourth-order valence-electron chi connectivity index (χ4n) is 1.48. The Morgan fingerprint density at radius 3 is 2.20 bits per heavy atom. The van der Waals surface area contributed by atoms with Crippen molar-refractivity contribution in [1.29, 1.82) is 0 Å². The van der Waals surface area contributed by atoms with Crippen molar-refractivity contribution in [3.8, 4) is 0 Å². The minimum atomic E-state index is -4.77. The SMILES string of the molecule is O=C(O)[C@H](C=S(=O)=O)N[C@@H](c1ccccc1)C(F)(F)F. The third kappa shape index (κ3) is 4.67. The highest BCUT2D eigenvalue weighted by Crippen LogP contribution is 2.32. The molecule has 0 spiro atoms. The summed E-state index contributed by atoms with van der Waals surface area (Å²) in [5, 5.41) is 10.8. The van der Waals surface area contributed by atoms with E-state index >= 15 is 0 Å². The summed E-state index contributed by atoms with van der Waals surface area (Å²) in [6, 6.07) is 2.30. The number of carboxylic acid groups (broad SMARTS) is 1. The summed E-state index contributed by atoms with van der Waals surface area (Å²) < 4.78 is 59.7. The van der Waals surface area contributed by atoms with Crippen molar-refractivity contribution in [3.63, 3.8) is 0 Å². The average molecular weight is 309 g/mol. The monoisotopic (exact) mass is 309 g/mol. The number of nitrogens with one attached hydrogen (secondary N) is 1. The van der Waals surface area contributed by atoms with Gasteiger partial charge >= 0.3 is 12.1 Å². The first kappa shape index (κ1) is 16.2. The number of hydrogen-bond acceptors (Lipinski definition) is 4. The first-order chi connectivity index (χ1) is 9.21. The molecule has 0 radical (unpaired) electrons. The number of benzene rings is 1. The molecule has 1 aromatic carbocycles. The zero-order valence-corrected chi connectivity index (χ0v) is 10.6. The van der Waals surface area contributed by atoms with E-state index in [0.717, 1.165) is 12.1 Å². The van der Waals surface area contributed by atoms with Gasteiger partial charge in [-0.3, -0.25) is 10.1 Å². The second-order valence-corrected chi connectivity index (χ2v) is 4.56. The van der Waals surface area contributed by atoms with Crippen LogP contribution in [0.1, 0.15) is 11.6 Å². The highest BCUT2D eigenvalue weighted by Gasteiger charge is 2.42. The van der Waals surface area contributed by atoms with Gasteiger partial charge < -0.3 is 5.11 Å². The van der Waals surface area contributed by atoms with Gasteiger partial charge in [0.25, 0.3) is 0 Å². The number of aliphatic carboxylic acids is 1. The summed E-state index contributed by atoms with van der Waals surface area (Å²) in [7, 11) is -2.90. The lowest BCUT2D eigenvalue weighted by atomic mass is 10.1. The molecule has 9 heteroatoms. The number of carboxylic acids is 1. The Labute approximate surface area is 113 Å². The topological polar surface area (TPSA) is 83.5 Å². The zero-order valence-electron chi connectivity index (χ0n) is 9.83. The van der Waals surface area contributed by atoms with E-state index in [-0.39, 0.29) is 10.9 Å². The summed E-state index contributed by atoms with van der Waals surface area (Å²) in [4.78, 5) is 10.8. The molecular formula is C11H10F3NO4S. The molecule has 0 unspecified atom stereocenters. The highest BCUT2D eigenvalue weighted by atomic mass is 32.2. The number of rotatable bonds is 5. The largest absolute Gasteiger partial charge is 0.480 e. The Bertz CT molecular complexity index is 590. The molecule has 0 aliphatic rings. The van der Waals surface area contributed by atoms with Crippen molar-refractivity contribution in [2.45, 2.75) is 18.3 Å². The first-order valence-corrected chi connectivity index (χ1v) is 6.39. The van der Waals surface area contributed by atoms with Crippen molar-refractivity contribution in [1.82, 2.24) is 5.32 Å². The van der Waals surface area contributed by atoms with Crippen molar-refractivity contribution in [2.75, 3.05) is 0 Å². The van der Waals surface area contributed by atoms with Crippen LogP contribution in [-0.4, -0.2) is 37.1 Å². The Hall–Kier alpha value is -1.87. The van der Waals surface area contributed by atoms with Crippen LogP contribution in [0.15, 0.2) is 30.3 Å². The minimum Gasteiger partial charge on any atom is -0.480 e. The van der Waals surface area contributed by atoms with Gasteiger partial charge in [0.15, 0.2) is 0 Å². The van der Waals surface area contributed by atoms with Gasteiger partial charge in [-0.15, -0.1) is 0 Å². The Morgan fingerprint density at radius 2 is 1.80 bits per heavy atom. The van der Waals surface area contributed by atoms with E-state index in [9.17, 15) is 26.4 Å². The maximum Gasteiger partial charge on any atom is 0.407 e. The highest BCUT2D eigenvalue weighted by molar-refractivity contribution is 7.71. The zero-order chi connectivity index (χ0) is 15.3. The predicted molar refractivity (Wildman–Crippen MR) is 64.8 cm³/mol. The third-order valence-electron chi connectivity index (χ3n) is 2.32. The van der Waals surface area contributed by atoms with Crippen molar-refractivity contribution < 1.29 is 31.5 Å². The fourth-order valence-corrected chi connectivity index (χ4v) is 1.90. The van der Waals surface area contributed by atoms with Gasteiger partial charge in [-0.05, 0) is 5.56 Å². The van der Waals surface area contributed by atoms with E-state index in [1.165, 1.54) is 18.2 Å². The summed E-state index contributed by atoms with van der Waals surface area (Å²) in [6.07, 6.45) is -4.77. The molecule has 20 heavy (non-hydrogen) atoms. The van der Waals surface area contributed by atoms with Gasteiger partial charge in [-0.2, -0.15) is 21.6 Å². The Kier molecular flexibility index (Phi) is 5.28. The molecule has 5 nitrogen and oxygen atoms in total. The second-order valence-electron chi connectivity index (χ2n) is 3.76. The van der Waals surface area contributed by atoms with Crippen LogP contribution < -0.4 is 5.32 Å². The van der Waals surface area contributed by atoms with Gasteiger partial charge in [0, 0.05) is 0 Å². The van der Waals surface area contributed by atoms with E-state index in [2.05, 4.69) is 0 Å². The molecule has 0 saturated carbocycles. The standard InChI is InChI=1S/C11H10F3NO4S/c12-11(13,14)9(7-4-2-1-3-5-7)15-8(10(16)17)6-20(18)19/h1-6,8-9,15H,(H,16,17)/t8-,9-/m0/s1. The second kappa shape index (κ2) is 6.53. The Morgan fingerprint density at radius 1 is 1.25 bits per heavy atom. The molecule has 1 aromatic rings. The van der Waals surface area contributed by atoms with Crippen molar-refractivity contribution in [2.24, 2.45) is 0 Å². The number of hydrogen-bond donors (Lipinski definition) is 2. The molecule has 2 atom stereocenters. The lowest BCUT2D eigenvalue weighted by molar-refractivity contribution is -0.161. The molecule has 110 valence electrons. The molecule has 0 amide bonds. The van der Waals surface area contributed by atoms with Crippen molar-refractivity contribution >= 4 is 21.6 Å². The van der Waals surface area contributed by atoms with E-state index < -0.39 is 34.5 Å². The van der Waals surface area contributed by atoms with Gasteiger partial charge in [0.05, 0.1) is 5.37 Å². The molecule has 1 rings (SSSR count). The summed E-state index contributed by atoms with van der Waals surface area (Å²) in [5.41, 5.74) is -0.212. The van der Waals surface area contributed by atoms with Crippen LogP contribution in [-0.2, 0) is 15.1 Å². The quantitative estimate of drug-likeness (QED) is 0.793. The molecule has 0 heterocycles. The normalized spacial score (nSPS) is 14.3. The molecule has 0 saturated heterocycles. The van der Waals surface area contributed by atoms with Crippen LogP contribution in [0.5, 0.6) is 0 Å². The van der Waals surface area contributed by atoms with Gasteiger partial charge in [0.1, 0.15) is 12.1 Å². The maximum absolute atomic E-state index is 12.9. The van der Waals surface area contributed by atoms with Crippen molar-refractivity contribution in [3.05, 3.63) is 35.9 Å². The van der Waals surface area contributed by atoms with Gasteiger partial charge in [0.2, 0.25) is 10.3 Å². The predicted octanol–water partition coefficient (Wildman–Crippen LogP) is 1.01. The lowest BCUT2D eigenvalue weighted by Gasteiger charge is -2.24. The van der Waals surface area contributed by atoms with Crippen LogP contribution in [0.2, 0.25) is 0 Å². The smallest absolute Gasteiger partial charge is 0.407 e. The third-order valence-corrected chi connectivity index (χ3v) is 2.81. The molecule has 0 aliphatic heterocycles. The van der Waals surface area contributed by atoms with E-state index in [4.69, 9.17) is 5.11 Å². The average Bonchev–Trinajstić information content (AvgIpc) is 2.33. The Balaban J connectivity index is 3.14. The number of halogens is 3. The lowest BCUT2D eigenvalue weighted by Crippen LogP contribution is -2.45.